The summed E-state index contributed by atoms with van der Waals surface area (Å²) in [6, 6.07) is 5.74. The molecule has 1 amide bonds. The molecule has 2 aromatic rings. The highest BCUT2D eigenvalue weighted by Gasteiger charge is 2.23. The molecule has 124 valence electrons. The Labute approximate surface area is 140 Å². The number of carbonyl (C=O) groups is 1. The maximum absolute atomic E-state index is 12.6. The molecule has 1 aliphatic rings. The smallest absolute Gasteiger partial charge is 0.235 e. The molecule has 0 spiro atoms. The van der Waals surface area contributed by atoms with Gasteiger partial charge in [-0.2, -0.15) is 0 Å². The van der Waals surface area contributed by atoms with E-state index in [1.165, 1.54) is 24.6 Å². The van der Waals surface area contributed by atoms with Crippen molar-refractivity contribution in [1.29, 1.82) is 0 Å². The van der Waals surface area contributed by atoms with Crippen LogP contribution in [-0.2, 0) is 4.79 Å². The van der Waals surface area contributed by atoms with Gasteiger partial charge < -0.3 is 14.6 Å². The van der Waals surface area contributed by atoms with Crippen molar-refractivity contribution in [2.75, 3.05) is 20.2 Å². The molecule has 0 aliphatic carbocycles. The number of imidazole rings is 1. The van der Waals surface area contributed by atoms with Gasteiger partial charge in [0.15, 0.2) is 5.16 Å². The number of benzene rings is 1. The SMILES string of the molecule is COc1ccc2nc(S[C@@H](C)C(=O)N3CCCCCC3)[nH]c2c1. The van der Waals surface area contributed by atoms with Crippen LogP contribution in [0.4, 0.5) is 0 Å². The molecule has 1 fully saturated rings. The number of hydrogen-bond donors (Lipinski definition) is 1. The van der Waals surface area contributed by atoms with Crippen LogP contribution in [0.3, 0.4) is 0 Å². The third-order valence-corrected chi connectivity index (χ3v) is 5.19. The zero-order chi connectivity index (χ0) is 16.2. The molecule has 6 heteroatoms. The zero-order valence-corrected chi connectivity index (χ0v) is 14.5. The number of nitrogens with one attached hydrogen (secondary N) is 1. The van der Waals surface area contributed by atoms with E-state index >= 15 is 0 Å². The Kier molecular flexibility index (Phi) is 5.10. The summed E-state index contributed by atoms with van der Waals surface area (Å²) in [5.41, 5.74) is 1.82. The monoisotopic (exact) mass is 333 g/mol. The van der Waals surface area contributed by atoms with Crippen molar-refractivity contribution < 1.29 is 9.53 Å². The van der Waals surface area contributed by atoms with Crippen LogP contribution in [0.15, 0.2) is 23.4 Å². The van der Waals surface area contributed by atoms with Crippen molar-refractivity contribution in [3.05, 3.63) is 18.2 Å². The number of aromatic amines is 1. The molecule has 1 aliphatic heterocycles. The lowest BCUT2D eigenvalue weighted by atomic mass is 10.2. The number of nitrogens with zero attached hydrogens (tertiary/aromatic N) is 2. The average molecular weight is 333 g/mol. The van der Waals surface area contributed by atoms with Gasteiger partial charge in [0.05, 0.1) is 23.4 Å². The van der Waals surface area contributed by atoms with E-state index in [-0.39, 0.29) is 11.2 Å². The first-order valence-electron chi connectivity index (χ1n) is 8.16. The molecular weight excluding hydrogens is 310 g/mol. The number of thioether (sulfide) groups is 1. The molecule has 23 heavy (non-hydrogen) atoms. The first kappa shape index (κ1) is 16.2. The number of amides is 1. The Morgan fingerprint density at radius 3 is 2.74 bits per heavy atom. The van der Waals surface area contributed by atoms with Crippen molar-refractivity contribution in [3.8, 4) is 5.75 Å². The van der Waals surface area contributed by atoms with E-state index in [1.807, 2.05) is 30.0 Å². The van der Waals surface area contributed by atoms with Crippen LogP contribution in [0.1, 0.15) is 32.6 Å². The Bertz CT molecular complexity index is 678. The van der Waals surface area contributed by atoms with E-state index in [1.54, 1.807) is 7.11 Å². The van der Waals surface area contributed by atoms with Crippen LogP contribution in [0, 0.1) is 0 Å². The lowest BCUT2D eigenvalue weighted by Crippen LogP contribution is -2.37. The van der Waals surface area contributed by atoms with Gasteiger partial charge in [0.2, 0.25) is 5.91 Å². The average Bonchev–Trinajstić information content (AvgIpc) is 2.77. The van der Waals surface area contributed by atoms with Gasteiger partial charge in [0.25, 0.3) is 0 Å². The van der Waals surface area contributed by atoms with Crippen molar-refractivity contribution >= 4 is 28.7 Å². The molecule has 5 nitrogen and oxygen atoms in total. The minimum absolute atomic E-state index is 0.129. The van der Waals surface area contributed by atoms with Gasteiger partial charge in [-0.25, -0.2) is 4.98 Å². The molecular formula is C17H23N3O2S. The van der Waals surface area contributed by atoms with Crippen LogP contribution in [0.25, 0.3) is 11.0 Å². The summed E-state index contributed by atoms with van der Waals surface area (Å²) >= 11 is 1.49. The summed E-state index contributed by atoms with van der Waals surface area (Å²) in [5, 5.41) is 0.652. The Hall–Kier alpha value is -1.69. The number of carbonyl (C=O) groups excluding carboxylic acids is 1. The van der Waals surface area contributed by atoms with Crippen molar-refractivity contribution in [1.82, 2.24) is 14.9 Å². The lowest BCUT2D eigenvalue weighted by Gasteiger charge is -2.23. The van der Waals surface area contributed by atoms with E-state index in [4.69, 9.17) is 4.74 Å². The van der Waals surface area contributed by atoms with Crippen LogP contribution in [0.2, 0.25) is 0 Å². The fourth-order valence-electron chi connectivity index (χ4n) is 2.91. The highest BCUT2D eigenvalue weighted by molar-refractivity contribution is 8.00. The van der Waals surface area contributed by atoms with Crippen molar-refractivity contribution in [2.45, 2.75) is 43.0 Å². The molecule has 0 unspecified atom stereocenters. The van der Waals surface area contributed by atoms with Gasteiger partial charge >= 0.3 is 0 Å². The maximum atomic E-state index is 12.6. The Morgan fingerprint density at radius 1 is 1.30 bits per heavy atom. The zero-order valence-electron chi connectivity index (χ0n) is 13.7. The normalized spacial score (nSPS) is 17.0. The molecule has 1 N–H and O–H groups in total. The quantitative estimate of drug-likeness (QED) is 0.871. The first-order valence-corrected chi connectivity index (χ1v) is 9.04. The number of fused-ring (bicyclic) bond motifs is 1. The molecule has 0 bridgehead atoms. The second kappa shape index (κ2) is 7.25. The summed E-state index contributed by atoms with van der Waals surface area (Å²) in [4.78, 5) is 22.5. The highest BCUT2D eigenvalue weighted by Crippen LogP contribution is 2.27. The number of aromatic nitrogens is 2. The lowest BCUT2D eigenvalue weighted by molar-refractivity contribution is -0.130. The third-order valence-electron chi connectivity index (χ3n) is 4.22. The molecule has 1 aromatic carbocycles. The van der Waals surface area contributed by atoms with E-state index in [0.717, 1.165) is 47.9 Å². The predicted molar refractivity (Wildman–Crippen MR) is 93.0 cm³/mol. The summed E-state index contributed by atoms with van der Waals surface area (Å²) in [6.07, 6.45) is 4.70. The number of methoxy groups -OCH3 is 1. The highest BCUT2D eigenvalue weighted by atomic mass is 32.2. The number of ether oxygens (including phenoxy) is 1. The minimum atomic E-state index is -0.129. The second-order valence-corrected chi connectivity index (χ2v) is 7.25. The molecule has 0 radical (unpaired) electrons. The number of hydrogen-bond acceptors (Lipinski definition) is 4. The summed E-state index contributed by atoms with van der Waals surface area (Å²) in [5.74, 6) is 1.02. The van der Waals surface area contributed by atoms with Gasteiger partial charge in [-0.05, 0) is 31.9 Å². The van der Waals surface area contributed by atoms with Crippen LogP contribution < -0.4 is 4.74 Å². The van der Waals surface area contributed by atoms with Crippen LogP contribution in [0.5, 0.6) is 5.75 Å². The standard InChI is InChI=1S/C17H23N3O2S/c1-12(16(21)20-9-5-3-4-6-10-20)23-17-18-14-8-7-13(22-2)11-15(14)19-17/h7-8,11-12H,3-6,9-10H2,1-2H3,(H,18,19)/t12-/m0/s1. The van der Waals surface area contributed by atoms with Crippen molar-refractivity contribution in [2.24, 2.45) is 0 Å². The summed E-state index contributed by atoms with van der Waals surface area (Å²) in [6.45, 7) is 3.74. The fraction of sp³-hybridized carbons (Fsp3) is 0.529. The summed E-state index contributed by atoms with van der Waals surface area (Å²) < 4.78 is 5.23. The minimum Gasteiger partial charge on any atom is -0.497 e. The fourth-order valence-corrected chi connectivity index (χ4v) is 3.82. The number of likely N-dealkylation sites (tertiary alicyclic amines) is 1. The molecule has 3 rings (SSSR count). The van der Waals surface area contributed by atoms with Gasteiger partial charge in [-0.3, -0.25) is 4.79 Å². The molecule has 2 heterocycles. The van der Waals surface area contributed by atoms with Gasteiger partial charge in [-0.1, -0.05) is 24.6 Å². The Morgan fingerprint density at radius 2 is 2.04 bits per heavy atom. The first-order chi connectivity index (χ1) is 11.2. The van der Waals surface area contributed by atoms with Crippen LogP contribution >= 0.6 is 11.8 Å². The predicted octanol–water partition coefficient (Wildman–Crippen LogP) is 3.45. The summed E-state index contributed by atoms with van der Waals surface area (Å²) in [7, 11) is 1.65. The van der Waals surface area contributed by atoms with Gasteiger partial charge in [-0.15, -0.1) is 0 Å². The Balaban J connectivity index is 1.69. The topological polar surface area (TPSA) is 58.2 Å². The van der Waals surface area contributed by atoms with E-state index < -0.39 is 0 Å². The second-order valence-electron chi connectivity index (χ2n) is 5.92. The molecule has 0 saturated carbocycles. The molecule has 1 atom stereocenters. The molecule has 1 aromatic heterocycles. The maximum Gasteiger partial charge on any atom is 0.235 e. The van der Waals surface area contributed by atoms with Crippen molar-refractivity contribution in [3.63, 3.8) is 0 Å². The van der Waals surface area contributed by atoms with E-state index in [2.05, 4.69) is 9.97 Å². The van der Waals surface area contributed by atoms with E-state index in [0.29, 0.717) is 0 Å². The number of H-pyrrole nitrogens is 1. The largest absolute Gasteiger partial charge is 0.497 e. The van der Waals surface area contributed by atoms with Crippen LogP contribution in [-0.4, -0.2) is 46.2 Å². The van der Waals surface area contributed by atoms with Gasteiger partial charge in [0, 0.05) is 19.2 Å². The van der Waals surface area contributed by atoms with Gasteiger partial charge in [0.1, 0.15) is 5.75 Å². The molecule has 1 saturated heterocycles. The van der Waals surface area contributed by atoms with E-state index in [9.17, 15) is 4.79 Å². The number of rotatable bonds is 4. The third kappa shape index (κ3) is 3.80.